The fourth-order valence-corrected chi connectivity index (χ4v) is 3.76. The Morgan fingerprint density at radius 1 is 1.17 bits per heavy atom. The van der Waals surface area contributed by atoms with Crippen LogP contribution in [0.5, 0.6) is 5.75 Å². The van der Waals surface area contributed by atoms with Crippen LogP contribution in [0.4, 0.5) is 16.0 Å². The van der Waals surface area contributed by atoms with Gasteiger partial charge in [-0.2, -0.15) is 4.39 Å². The van der Waals surface area contributed by atoms with Gasteiger partial charge in [-0.05, 0) is 51.2 Å². The Hall–Kier alpha value is -4.19. The number of piperidine rings is 1. The van der Waals surface area contributed by atoms with Crippen LogP contribution in [0.2, 0.25) is 0 Å². The van der Waals surface area contributed by atoms with Crippen molar-refractivity contribution in [3.8, 4) is 17.1 Å². The number of hydrogen-bond donors (Lipinski definition) is 3. The Bertz CT molecular complexity index is 1250. The molecule has 2 amide bonds. The van der Waals surface area contributed by atoms with Crippen molar-refractivity contribution in [1.29, 1.82) is 0 Å². The van der Waals surface area contributed by atoms with E-state index in [9.17, 15) is 14.0 Å². The van der Waals surface area contributed by atoms with Gasteiger partial charge in [0.1, 0.15) is 17.8 Å². The number of benzene rings is 1. The van der Waals surface area contributed by atoms with Crippen molar-refractivity contribution >= 4 is 23.5 Å². The SMILES string of the molecule is COc1cc(C(=O)NC2CCN(C)CC2)ccc1Nc1ncc(C(N)=O)c(-c2cc(F)ncn2)n1. The van der Waals surface area contributed by atoms with E-state index >= 15 is 0 Å². The van der Waals surface area contributed by atoms with Gasteiger partial charge in [-0.15, -0.1) is 0 Å². The molecule has 1 saturated heterocycles. The van der Waals surface area contributed by atoms with Crippen molar-refractivity contribution in [2.75, 3.05) is 32.6 Å². The Balaban J connectivity index is 1.56. The molecule has 0 bridgehead atoms. The molecule has 0 radical (unpaired) electrons. The van der Waals surface area contributed by atoms with Crippen molar-refractivity contribution < 1.29 is 18.7 Å². The standard InChI is InChI=1S/C23H25FN8O3/c1-32-7-5-14(6-8-32)29-22(34)13-3-4-16(18(9-13)35-2)30-23-26-11-15(21(25)33)20(31-23)17-10-19(24)28-12-27-17/h3-4,9-12,14H,5-8H2,1-2H3,(H2,25,33)(H,29,34)(H,26,30,31). The highest BCUT2D eigenvalue weighted by molar-refractivity contribution is 5.98. The van der Waals surface area contributed by atoms with E-state index in [0.29, 0.717) is 17.0 Å². The van der Waals surface area contributed by atoms with Gasteiger partial charge in [0, 0.05) is 23.9 Å². The van der Waals surface area contributed by atoms with Gasteiger partial charge >= 0.3 is 0 Å². The predicted octanol–water partition coefficient (Wildman–Crippen LogP) is 1.75. The number of carbonyl (C=O) groups is 2. The van der Waals surface area contributed by atoms with E-state index < -0.39 is 11.9 Å². The van der Waals surface area contributed by atoms with Crippen LogP contribution >= 0.6 is 0 Å². The van der Waals surface area contributed by atoms with E-state index in [0.717, 1.165) is 38.3 Å². The quantitative estimate of drug-likeness (QED) is 0.430. The number of methoxy groups -OCH3 is 1. The maximum atomic E-state index is 13.6. The van der Waals surface area contributed by atoms with Crippen LogP contribution < -0.4 is 21.1 Å². The monoisotopic (exact) mass is 480 g/mol. The average molecular weight is 481 g/mol. The lowest BCUT2D eigenvalue weighted by atomic mass is 10.0. The van der Waals surface area contributed by atoms with Crippen LogP contribution in [-0.4, -0.2) is 69.9 Å². The zero-order chi connectivity index (χ0) is 24.9. The summed E-state index contributed by atoms with van der Waals surface area (Å²) in [4.78, 5) is 42.6. The van der Waals surface area contributed by atoms with E-state index in [1.807, 2.05) is 0 Å². The highest BCUT2D eigenvalue weighted by atomic mass is 19.1. The molecule has 3 heterocycles. The summed E-state index contributed by atoms with van der Waals surface area (Å²) in [6, 6.07) is 6.11. The molecule has 11 nitrogen and oxygen atoms in total. The summed E-state index contributed by atoms with van der Waals surface area (Å²) in [5.74, 6) is -1.28. The topological polar surface area (TPSA) is 148 Å². The number of carbonyl (C=O) groups excluding carboxylic acids is 2. The molecule has 1 aliphatic rings. The van der Waals surface area contributed by atoms with Crippen molar-refractivity contribution in [3.05, 3.63) is 53.9 Å². The molecule has 4 rings (SSSR count). The number of ether oxygens (including phenoxy) is 1. The highest BCUT2D eigenvalue weighted by Gasteiger charge is 2.21. The van der Waals surface area contributed by atoms with Gasteiger partial charge in [-0.3, -0.25) is 9.59 Å². The number of nitrogens with zero attached hydrogens (tertiary/aromatic N) is 5. The molecule has 35 heavy (non-hydrogen) atoms. The number of anilines is 2. The number of rotatable bonds is 7. The molecule has 1 aromatic carbocycles. The van der Waals surface area contributed by atoms with Crippen molar-refractivity contribution in [2.45, 2.75) is 18.9 Å². The summed E-state index contributed by atoms with van der Waals surface area (Å²) in [5, 5.41) is 6.06. The third kappa shape index (κ3) is 5.66. The van der Waals surface area contributed by atoms with Gasteiger partial charge < -0.3 is 26.0 Å². The number of hydrogen-bond acceptors (Lipinski definition) is 9. The smallest absolute Gasteiger partial charge is 0.252 e. The van der Waals surface area contributed by atoms with Crippen LogP contribution in [-0.2, 0) is 0 Å². The van der Waals surface area contributed by atoms with E-state index in [2.05, 4.69) is 42.5 Å². The third-order valence-electron chi connectivity index (χ3n) is 5.69. The lowest BCUT2D eigenvalue weighted by Crippen LogP contribution is -2.43. The number of aromatic nitrogens is 4. The van der Waals surface area contributed by atoms with Crippen LogP contribution in [0.25, 0.3) is 11.4 Å². The summed E-state index contributed by atoms with van der Waals surface area (Å²) < 4.78 is 19.1. The number of halogens is 1. The predicted molar refractivity (Wildman–Crippen MR) is 126 cm³/mol. The Kier molecular flexibility index (Phi) is 7.11. The van der Waals surface area contributed by atoms with Crippen molar-refractivity contribution in [2.24, 2.45) is 5.73 Å². The second kappa shape index (κ2) is 10.4. The van der Waals surface area contributed by atoms with E-state index in [1.165, 1.54) is 13.3 Å². The third-order valence-corrected chi connectivity index (χ3v) is 5.69. The first kappa shape index (κ1) is 24.0. The zero-order valence-electron chi connectivity index (χ0n) is 19.3. The summed E-state index contributed by atoms with van der Waals surface area (Å²) in [7, 11) is 3.54. The molecule has 1 fully saturated rings. The van der Waals surface area contributed by atoms with Gasteiger partial charge in [0.05, 0.1) is 24.1 Å². The molecule has 12 heteroatoms. The normalized spacial score (nSPS) is 14.4. The van der Waals surface area contributed by atoms with Gasteiger partial charge in [-0.1, -0.05) is 0 Å². The van der Waals surface area contributed by atoms with Crippen LogP contribution in [0.1, 0.15) is 33.6 Å². The first-order chi connectivity index (χ1) is 16.8. The summed E-state index contributed by atoms with van der Waals surface area (Å²) >= 11 is 0. The molecule has 0 saturated carbocycles. The minimum Gasteiger partial charge on any atom is -0.495 e. The second-order valence-electron chi connectivity index (χ2n) is 8.14. The minimum absolute atomic E-state index is 0.0264. The van der Waals surface area contributed by atoms with Gasteiger partial charge in [0.25, 0.3) is 11.8 Å². The van der Waals surface area contributed by atoms with E-state index in [-0.39, 0.29) is 34.8 Å². The largest absolute Gasteiger partial charge is 0.495 e. The molecule has 3 aromatic rings. The number of primary amides is 1. The maximum Gasteiger partial charge on any atom is 0.252 e. The molecule has 1 aliphatic heterocycles. The first-order valence-electron chi connectivity index (χ1n) is 10.9. The molecule has 0 unspecified atom stereocenters. The fourth-order valence-electron chi connectivity index (χ4n) is 3.76. The highest BCUT2D eigenvalue weighted by Crippen LogP contribution is 2.29. The van der Waals surface area contributed by atoms with Crippen molar-refractivity contribution in [1.82, 2.24) is 30.2 Å². The summed E-state index contributed by atoms with van der Waals surface area (Å²) in [6.07, 6.45) is 4.04. The van der Waals surface area contributed by atoms with Gasteiger partial charge in [-0.25, -0.2) is 19.9 Å². The van der Waals surface area contributed by atoms with Crippen LogP contribution in [0.15, 0.2) is 36.8 Å². The lowest BCUT2D eigenvalue weighted by molar-refractivity contribution is 0.0915. The molecule has 2 aromatic heterocycles. The molecule has 4 N–H and O–H groups in total. The zero-order valence-corrected chi connectivity index (χ0v) is 19.3. The molecule has 0 atom stereocenters. The van der Waals surface area contributed by atoms with E-state index in [4.69, 9.17) is 10.5 Å². The molecule has 0 spiro atoms. The first-order valence-corrected chi connectivity index (χ1v) is 10.9. The van der Waals surface area contributed by atoms with Crippen molar-refractivity contribution in [3.63, 3.8) is 0 Å². The summed E-state index contributed by atoms with van der Waals surface area (Å²) in [5.41, 5.74) is 6.45. The summed E-state index contributed by atoms with van der Waals surface area (Å²) in [6.45, 7) is 1.88. The number of likely N-dealkylation sites (tertiary alicyclic amines) is 1. The lowest BCUT2D eigenvalue weighted by Gasteiger charge is -2.29. The van der Waals surface area contributed by atoms with Gasteiger partial charge in [0.15, 0.2) is 0 Å². The maximum absolute atomic E-state index is 13.6. The Labute approximate surface area is 201 Å². The average Bonchev–Trinajstić information content (AvgIpc) is 2.85. The molecular formula is C23H25FN8O3. The van der Waals surface area contributed by atoms with Crippen LogP contribution in [0.3, 0.4) is 0 Å². The second-order valence-corrected chi connectivity index (χ2v) is 8.14. The number of amides is 2. The van der Waals surface area contributed by atoms with E-state index in [1.54, 1.807) is 18.2 Å². The Morgan fingerprint density at radius 2 is 1.94 bits per heavy atom. The number of nitrogens with two attached hydrogens (primary N) is 1. The Morgan fingerprint density at radius 3 is 2.63 bits per heavy atom. The minimum atomic E-state index is -0.789. The van der Waals surface area contributed by atoms with Crippen LogP contribution in [0, 0.1) is 5.95 Å². The molecule has 182 valence electrons. The van der Waals surface area contributed by atoms with Gasteiger partial charge in [0.2, 0.25) is 11.9 Å². The molecular weight excluding hydrogens is 455 g/mol. The number of nitrogens with one attached hydrogen (secondary N) is 2. The molecule has 0 aliphatic carbocycles. The fraction of sp³-hybridized carbons (Fsp3) is 0.304.